The van der Waals surface area contributed by atoms with Crippen LogP contribution in [0, 0.1) is 12.7 Å². The van der Waals surface area contributed by atoms with Gasteiger partial charge in [-0.25, -0.2) is 9.40 Å². The average Bonchev–Trinajstić information content (AvgIpc) is 3.63. The number of aryl methyl sites for hydroxylation is 1. The van der Waals surface area contributed by atoms with Crippen LogP contribution >= 0.6 is 11.8 Å². The minimum Gasteiger partial charge on any atom is -0.454 e. The number of ether oxygens (including phenoxy) is 2. The Morgan fingerprint density at radius 3 is 2.63 bits per heavy atom. The highest BCUT2D eigenvalue weighted by atomic mass is 32.2. The molecule has 0 fully saturated rings. The molecule has 0 aromatic heterocycles. The number of thioether (sulfide) groups is 1. The molecule has 3 aromatic rings. The number of amides is 2. The quantitative estimate of drug-likeness (QED) is 0.497. The number of carbonyl (C=O) groups excluding carboxylic acids is 2. The molecular weight excluding hydrogens is 507 g/mol. The zero-order valence-electron chi connectivity index (χ0n) is 20.4. The number of hydrogen-bond donors (Lipinski definition) is 1. The van der Waals surface area contributed by atoms with Gasteiger partial charge in [0, 0.05) is 24.6 Å². The monoisotopic (exact) mass is 530 g/mol. The van der Waals surface area contributed by atoms with E-state index in [1.807, 2.05) is 31.2 Å². The summed E-state index contributed by atoms with van der Waals surface area (Å²) in [5.41, 5.74) is 4.30. The van der Waals surface area contributed by atoms with Crippen molar-refractivity contribution >= 4 is 40.1 Å². The second-order valence-corrected chi connectivity index (χ2v) is 10.4. The lowest BCUT2D eigenvalue weighted by Gasteiger charge is -2.23. The lowest BCUT2D eigenvalue weighted by atomic mass is 9.98. The van der Waals surface area contributed by atoms with E-state index in [2.05, 4.69) is 10.3 Å². The highest BCUT2D eigenvalue weighted by Gasteiger charge is 2.39. The van der Waals surface area contributed by atoms with Crippen LogP contribution in [0.3, 0.4) is 0 Å². The van der Waals surface area contributed by atoms with Crippen molar-refractivity contribution in [2.75, 3.05) is 12.1 Å². The largest absolute Gasteiger partial charge is 0.454 e. The number of nitrogens with one attached hydrogen (secondary N) is 1. The van der Waals surface area contributed by atoms with E-state index in [0.717, 1.165) is 22.4 Å². The molecule has 10 heteroatoms. The minimum absolute atomic E-state index is 0.0392. The van der Waals surface area contributed by atoms with Crippen LogP contribution in [0.4, 0.5) is 10.1 Å². The number of amidine groups is 1. The molecule has 3 heterocycles. The molecule has 3 aliphatic heterocycles. The van der Waals surface area contributed by atoms with Gasteiger partial charge in [-0.15, -0.1) is 0 Å². The van der Waals surface area contributed by atoms with E-state index in [9.17, 15) is 14.0 Å². The van der Waals surface area contributed by atoms with E-state index in [1.54, 1.807) is 35.3 Å². The molecule has 192 valence electrons. The van der Waals surface area contributed by atoms with Gasteiger partial charge in [0.15, 0.2) is 16.7 Å². The van der Waals surface area contributed by atoms with Crippen molar-refractivity contribution in [1.82, 2.24) is 5.01 Å². The van der Waals surface area contributed by atoms with Gasteiger partial charge in [-0.05, 0) is 42.3 Å². The van der Waals surface area contributed by atoms with Crippen LogP contribution < -0.4 is 14.8 Å². The molecule has 3 aromatic carbocycles. The minimum atomic E-state index is -0.664. The van der Waals surface area contributed by atoms with Crippen molar-refractivity contribution in [3.8, 4) is 11.5 Å². The Bertz CT molecular complexity index is 1470. The summed E-state index contributed by atoms with van der Waals surface area (Å²) in [4.78, 5) is 29.8. The fourth-order valence-electron chi connectivity index (χ4n) is 4.51. The average molecular weight is 531 g/mol. The zero-order chi connectivity index (χ0) is 26.2. The van der Waals surface area contributed by atoms with Gasteiger partial charge in [0.05, 0.1) is 11.8 Å². The maximum absolute atomic E-state index is 13.5. The molecule has 0 unspecified atom stereocenters. The lowest BCUT2D eigenvalue weighted by molar-refractivity contribution is -0.121. The third-order valence-corrected chi connectivity index (χ3v) is 7.64. The summed E-state index contributed by atoms with van der Waals surface area (Å²) < 4.78 is 24.2. The predicted molar refractivity (Wildman–Crippen MR) is 143 cm³/mol. The third-order valence-electron chi connectivity index (χ3n) is 6.50. The maximum Gasteiger partial charge on any atom is 0.262 e. The molecule has 3 aliphatic rings. The van der Waals surface area contributed by atoms with Gasteiger partial charge >= 0.3 is 0 Å². The summed E-state index contributed by atoms with van der Waals surface area (Å²) >= 11 is 1.23. The van der Waals surface area contributed by atoms with E-state index in [4.69, 9.17) is 14.6 Å². The zero-order valence-corrected chi connectivity index (χ0v) is 21.2. The van der Waals surface area contributed by atoms with Crippen LogP contribution in [0.15, 0.2) is 76.8 Å². The molecule has 0 aliphatic carbocycles. The summed E-state index contributed by atoms with van der Waals surface area (Å²) in [5.74, 6) is 0.183. The molecular formula is C28H23FN4O4S. The van der Waals surface area contributed by atoms with Crippen LogP contribution in [0.2, 0.25) is 0 Å². The van der Waals surface area contributed by atoms with Crippen molar-refractivity contribution in [1.29, 1.82) is 0 Å². The Balaban J connectivity index is 1.19. The molecule has 38 heavy (non-hydrogen) atoms. The number of rotatable bonds is 5. The molecule has 0 bridgehead atoms. The van der Waals surface area contributed by atoms with Crippen LogP contribution in [0.1, 0.15) is 35.6 Å². The van der Waals surface area contributed by atoms with Gasteiger partial charge in [-0.2, -0.15) is 10.1 Å². The van der Waals surface area contributed by atoms with E-state index in [-0.39, 0.29) is 36.9 Å². The highest BCUT2D eigenvalue weighted by molar-refractivity contribution is 8.15. The highest BCUT2D eigenvalue weighted by Crippen LogP contribution is 2.39. The number of anilines is 1. The normalized spacial score (nSPS) is 19.9. The predicted octanol–water partition coefficient (Wildman–Crippen LogP) is 5.04. The topological polar surface area (TPSA) is 92.6 Å². The fourth-order valence-corrected chi connectivity index (χ4v) is 5.57. The number of nitrogens with zero attached hydrogens (tertiary/aromatic N) is 3. The second kappa shape index (κ2) is 9.94. The second-order valence-electron chi connectivity index (χ2n) is 9.19. The van der Waals surface area contributed by atoms with Crippen molar-refractivity contribution in [3.63, 3.8) is 0 Å². The first kappa shape index (κ1) is 24.2. The number of carbonyl (C=O) groups is 2. The van der Waals surface area contributed by atoms with E-state index in [0.29, 0.717) is 28.8 Å². The number of benzene rings is 3. The Morgan fingerprint density at radius 2 is 1.84 bits per heavy atom. The molecule has 8 nitrogen and oxygen atoms in total. The van der Waals surface area contributed by atoms with Gasteiger partial charge < -0.3 is 14.8 Å². The molecule has 2 amide bonds. The third kappa shape index (κ3) is 4.87. The summed E-state index contributed by atoms with van der Waals surface area (Å²) in [5, 5.41) is 9.14. The maximum atomic E-state index is 13.5. The molecule has 0 saturated carbocycles. The van der Waals surface area contributed by atoms with Crippen LogP contribution in [-0.2, 0) is 9.59 Å². The van der Waals surface area contributed by atoms with Crippen molar-refractivity contribution in [3.05, 3.63) is 89.2 Å². The summed E-state index contributed by atoms with van der Waals surface area (Å²) in [6, 6.07) is 19.3. The standard InChI is InChI=1S/C28H23FN4O4S/c1-16-2-4-18(5-3-16)22-13-21(17-6-8-19(29)9-7-17)32-33(22)28-31-27(35)25(38-28)14-26(34)30-20-10-11-23-24(12-20)37-15-36-23/h2-12,22,25H,13-15H2,1H3,(H,30,34)/t22-,25-/m1/s1. The van der Waals surface area contributed by atoms with Crippen molar-refractivity contribution in [2.24, 2.45) is 10.1 Å². The Kier molecular flexibility index (Phi) is 6.32. The fraction of sp³-hybridized carbons (Fsp3) is 0.214. The summed E-state index contributed by atoms with van der Waals surface area (Å²) in [7, 11) is 0. The number of fused-ring (bicyclic) bond motifs is 1. The number of hydrazone groups is 1. The number of aliphatic imine (C=N–C) groups is 1. The van der Waals surface area contributed by atoms with E-state index < -0.39 is 5.25 Å². The molecule has 1 N–H and O–H groups in total. The van der Waals surface area contributed by atoms with Gasteiger partial charge in [0.2, 0.25) is 12.7 Å². The van der Waals surface area contributed by atoms with Gasteiger partial charge in [-0.3, -0.25) is 9.59 Å². The molecule has 0 radical (unpaired) electrons. The van der Waals surface area contributed by atoms with E-state index in [1.165, 1.54) is 23.9 Å². The summed E-state index contributed by atoms with van der Waals surface area (Å²) in [6.45, 7) is 2.16. The van der Waals surface area contributed by atoms with Gasteiger partial charge in [0.1, 0.15) is 11.1 Å². The first-order valence-corrected chi connectivity index (χ1v) is 13.0. The lowest BCUT2D eigenvalue weighted by Crippen LogP contribution is -2.25. The Hall–Kier alpha value is -4.18. The first-order valence-electron chi connectivity index (χ1n) is 12.1. The smallest absolute Gasteiger partial charge is 0.262 e. The van der Waals surface area contributed by atoms with Crippen LogP contribution in [-0.4, -0.2) is 39.7 Å². The molecule has 6 rings (SSSR count). The van der Waals surface area contributed by atoms with Crippen molar-refractivity contribution < 1.29 is 23.5 Å². The Morgan fingerprint density at radius 1 is 1.08 bits per heavy atom. The molecule has 2 atom stereocenters. The summed E-state index contributed by atoms with van der Waals surface area (Å²) in [6.07, 6.45) is 0.528. The Labute approximate surface area is 222 Å². The van der Waals surface area contributed by atoms with Gasteiger partial charge in [0.25, 0.3) is 5.91 Å². The van der Waals surface area contributed by atoms with Crippen molar-refractivity contribution in [2.45, 2.75) is 31.1 Å². The molecule has 0 spiro atoms. The van der Waals surface area contributed by atoms with Gasteiger partial charge in [-0.1, -0.05) is 53.7 Å². The number of hydrogen-bond acceptors (Lipinski definition) is 7. The SMILES string of the molecule is Cc1ccc([C@H]2CC(c3ccc(F)cc3)=NN2C2=NC(=O)[C@@H](CC(=O)Nc3ccc4c(c3)OCO4)S2)cc1. The van der Waals surface area contributed by atoms with Crippen LogP contribution in [0.25, 0.3) is 0 Å². The van der Waals surface area contributed by atoms with Crippen LogP contribution in [0.5, 0.6) is 11.5 Å². The number of halogens is 1. The molecule has 0 saturated heterocycles. The first-order chi connectivity index (χ1) is 18.4. The van der Waals surface area contributed by atoms with E-state index >= 15 is 0 Å².